The average Bonchev–Trinajstić information content (AvgIpc) is 3.35. The Morgan fingerprint density at radius 2 is 1.83 bits per heavy atom. The van der Waals surface area contributed by atoms with Gasteiger partial charge >= 0.3 is 12.0 Å². The molecule has 2 aliphatic carbocycles. The average molecular weight is 330 g/mol. The summed E-state index contributed by atoms with van der Waals surface area (Å²) in [4.78, 5) is 23.1. The van der Waals surface area contributed by atoms with Crippen LogP contribution in [0.5, 0.6) is 0 Å². The molecule has 0 heterocycles. The van der Waals surface area contributed by atoms with Crippen LogP contribution in [0.25, 0.3) is 0 Å². The SMILES string of the molecule is Cc1ccccc1C1(CNC(=O)NC2CCC(C(=O)O)CC2)CC1. The Morgan fingerprint density at radius 1 is 1.17 bits per heavy atom. The summed E-state index contributed by atoms with van der Waals surface area (Å²) in [6.45, 7) is 2.78. The highest BCUT2D eigenvalue weighted by atomic mass is 16.4. The number of urea groups is 1. The molecule has 130 valence electrons. The fourth-order valence-electron chi connectivity index (χ4n) is 3.83. The normalized spacial score (nSPS) is 24.9. The van der Waals surface area contributed by atoms with Crippen LogP contribution < -0.4 is 10.6 Å². The van der Waals surface area contributed by atoms with Gasteiger partial charge in [0.25, 0.3) is 0 Å². The Hall–Kier alpha value is -2.04. The molecule has 24 heavy (non-hydrogen) atoms. The van der Waals surface area contributed by atoms with Crippen molar-refractivity contribution in [3.63, 3.8) is 0 Å². The first-order valence-electron chi connectivity index (χ1n) is 8.83. The van der Waals surface area contributed by atoms with Crippen LogP contribution >= 0.6 is 0 Å². The Bertz CT molecular complexity index is 617. The van der Waals surface area contributed by atoms with Crippen LogP contribution in [-0.2, 0) is 10.2 Å². The number of aryl methyl sites for hydroxylation is 1. The van der Waals surface area contributed by atoms with E-state index in [-0.39, 0.29) is 23.4 Å². The Labute approximate surface area is 142 Å². The summed E-state index contributed by atoms with van der Waals surface area (Å²) in [5.41, 5.74) is 2.72. The molecule has 0 unspecified atom stereocenters. The summed E-state index contributed by atoms with van der Waals surface area (Å²) in [5.74, 6) is -0.964. The first-order chi connectivity index (χ1) is 11.5. The monoisotopic (exact) mass is 330 g/mol. The third kappa shape index (κ3) is 3.71. The fourth-order valence-corrected chi connectivity index (χ4v) is 3.83. The molecule has 2 saturated carbocycles. The lowest BCUT2D eigenvalue weighted by atomic mass is 9.86. The van der Waals surface area contributed by atoms with Crippen LogP contribution in [0.4, 0.5) is 4.79 Å². The topological polar surface area (TPSA) is 78.4 Å². The van der Waals surface area contributed by atoms with Crippen LogP contribution in [-0.4, -0.2) is 29.7 Å². The number of rotatable bonds is 5. The van der Waals surface area contributed by atoms with E-state index in [4.69, 9.17) is 5.11 Å². The van der Waals surface area contributed by atoms with E-state index in [9.17, 15) is 9.59 Å². The van der Waals surface area contributed by atoms with Crippen molar-refractivity contribution in [1.82, 2.24) is 10.6 Å². The molecule has 5 heteroatoms. The number of benzene rings is 1. The van der Waals surface area contributed by atoms with E-state index >= 15 is 0 Å². The van der Waals surface area contributed by atoms with E-state index in [0.717, 1.165) is 25.7 Å². The van der Waals surface area contributed by atoms with Gasteiger partial charge in [-0.15, -0.1) is 0 Å². The molecule has 0 aromatic heterocycles. The molecule has 5 nitrogen and oxygen atoms in total. The number of nitrogens with one attached hydrogen (secondary N) is 2. The molecule has 0 atom stereocenters. The lowest BCUT2D eigenvalue weighted by Gasteiger charge is -2.27. The van der Waals surface area contributed by atoms with E-state index in [1.54, 1.807) is 0 Å². The second kappa shape index (κ2) is 6.83. The molecule has 3 N–H and O–H groups in total. The number of carbonyl (C=O) groups excluding carboxylic acids is 1. The van der Waals surface area contributed by atoms with Crippen LogP contribution in [0.15, 0.2) is 24.3 Å². The number of hydrogen-bond acceptors (Lipinski definition) is 2. The number of carboxylic acid groups (broad SMARTS) is 1. The van der Waals surface area contributed by atoms with Gasteiger partial charge in [-0.3, -0.25) is 4.79 Å². The molecular formula is C19H26N2O3. The summed E-state index contributed by atoms with van der Waals surface area (Å²) in [6, 6.07) is 8.35. The molecule has 0 spiro atoms. The Balaban J connectivity index is 1.47. The van der Waals surface area contributed by atoms with Gasteiger partial charge in [0.1, 0.15) is 0 Å². The molecule has 1 aromatic carbocycles. The summed E-state index contributed by atoms with van der Waals surface area (Å²) in [6.07, 6.45) is 5.01. The molecular weight excluding hydrogens is 304 g/mol. The molecule has 2 aliphatic rings. The van der Waals surface area contributed by atoms with Crippen molar-refractivity contribution in [3.05, 3.63) is 35.4 Å². The first-order valence-corrected chi connectivity index (χ1v) is 8.83. The third-order valence-corrected chi connectivity index (χ3v) is 5.57. The van der Waals surface area contributed by atoms with E-state index < -0.39 is 5.97 Å². The van der Waals surface area contributed by atoms with Gasteiger partial charge in [0.2, 0.25) is 0 Å². The maximum atomic E-state index is 12.2. The molecule has 2 fully saturated rings. The Morgan fingerprint density at radius 3 is 2.42 bits per heavy atom. The van der Waals surface area contributed by atoms with Gasteiger partial charge in [-0.25, -0.2) is 4.79 Å². The van der Waals surface area contributed by atoms with E-state index in [0.29, 0.717) is 19.4 Å². The smallest absolute Gasteiger partial charge is 0.315 e. The number of hydrogen-bond donors (Lipinski definition) is 3. The van der Waals surface area contributed by atoms with Gasteiger partial charge in [0.05, 0.1) is 5.92 Å². The minimum atomic E-state index is -0.716. The third-order valence-electron chi connectivity index (χ3n) is 5.57. The Kier molecular flexibility index (Phi) is 4.78. The standard InChI is InChI=1S/C19H26N2O3/c1-13-4-2-3-5-16(13)19(10-11-19)12-20-18(24)21-15-8-6-14(7-9-15)17(22)23/h2-5,14-15H,6-12H2,1H3,(H,22,23)(H2,20,21,24). The second-order valence-electron chi connectivity index (χ2n) is 7.31. The minimum absolute atomic E-state index is 0.0919. The lowest BCUT2D eigenvalue weighted by molar-refractivity contribution is -0.142. The molecule has 2 amide bonds. The van der Waals surface area contributed by atoms with Crippen molar-refractivity contribution >= 4 is 12.0 Å². The van der Waals surface area contributed by atoms with Gasteiger partial charge in [0, 0.05) is 18.0 Å². The highest BCUT2D eigenvalue weighted by Gasteiger charge is 2.45. The van der Waals surface area contributed by atoms with Gasteiger partial charge in [0.15, 0.2) is 0 Å². The van der Waals surface area contributed by atoms with Gasteiger partial charge in [-0.1, -0.05) is 24.3 Å². The summed E-state index contributed by atoms with van der Waals surface area (Å²) in [7, 11) is 0. The maximum absolute atomic E-state index is 12.2. The van der Waals surface area contributed by atoms with Crippen molar-refractivity contribution in [3.8, 4) is 0 Å². The van der Waals surface area contributed by atoms with E-state index in [1.807, 2.05) is 6.07 Å². The largest absolute Gasteiger partial charge is 0.481 e. The molecule has 0 radical (unpaired) electrons. The fraction of sp³-hybridized carbons (Fsp3) is 0.579. The van der Waals surface area contributed by atoms with Crippen molar-refractivity contribution in [2.45, 2.75) is 56.9 Å². The molecule has 0 bridgehead atoms. The zero-order chi connectivity index (χ0) is 17.2. The zero-order valence-corrected chi connectivity index (χ0v) is 14.2. The number of carbonyl (C=O) groups is 2. The molecule has 3 rings (SSSR count). The molecule has 0 saturated heterocycles. The van der Waals surface area contributed by atoms with Gasteiger partial charge < -0.3 is 15.7 Å². The number of amides is 2. The van der Waals surface area contributed by atoms with Crippen molar-refractivity contribution < 1.29 is 14.7 Å². The van der Waals surface area contributed by atoms with Crippen molar-refractivity contribution in [1.29, 1.82) is 0 Å². The van der Waals surface area contributed by atoms with Crippen LogP contribution in [0.2, 0.25) is 0 Å². The van der Waals surface area contributed by atoms with E-state index in [1.165, 1.54) is 11.1 Å². The molecule has 1 aromatic rings. The first kappa shape index (κ1) is 16.8. The summed E-state index contributed by atoms with van der Waals surface area (Å²) >= 11 is 0. The lowest BCUT2D eigenvalue weighted by Crippen LogP contribution is -2.46. The molecule has 0 aliphatic heterocycles. The van der Waals surface area contributed by atoms with Crippen molar-refractivity contribution in [2.24, 2.45) is 5.92 Å². The van der Waals surface area contributed by atoms with Crippen LogP contribution in [0.3, 0.4) is 0 Å². The van der Waals surface area contributed by atoms with Crippen molar-refractivity contribution in [2.75, 3.05) is 6.54 Å². The predicted octanol–water partition coefficient (Wildman–Crippen LogP) is 2.97. The van der Waals surface area contributed by atoms with Gasteiger partial charge in [-0.2, -0.15) is 0 Å². The second-order valence-corrected chi connectivity index (χ2v) is 7.31. The quantitative estimate of drug-likeness (QED) is 0.776. The number of aliphatic carboxylic acids is 1. The number of carboxylic acids is 1. The van der Waals surface area contributed by atoms with Gasteiger partial charge in [-0.05, 0) is 56.6 Å². The summed E-state index contributed by atoms with van der Waals surface area (Å²) in [5, 5.41) is 15.0. The summed E-state index contributed by atoms with van der Waals surface area (Å²) < 4.78 is 0. The zero-order valence-electron chi connectivity index (χ0n) is 14.2. The van der Waals surface area contributed by atoms with E-state index in [2.05, 4.69) is 35.8 Å². The minimum Gasteiger partial charge on any atom is -0.481 e. The highest BCUT2D eigenvalue weighted by molar-refractivity contribution is 5.74. The maximum Gasteiger partial charge on any atom is 0.315 e. The van der Waals surface area contributed by atoms with Crippen LogP contribution in [0, 0.1) is 12.8 Å². The highest BCUT2D eigenvalue weighted by Crippen LogP contribution is 2.48. The van der Waals surface area contributed by atoms with Crippen LogP contribution in [0.1, 0.15) is 49.7 Å². The predicted molar refractivity (Wildman–Crippen MR) is 92.0 cm³/mol.